The summed E-state index contributed by atoms with van der Waals surface area (Å²) < 4.78 is 4.71. The van der Waals surface area contributed by atoms with Crippen LogP contribution < -0.4 is 5.32 Å². The number of nitrogens with one attached hydrogen (secondary N) is 1. The molecule has 1 N–H and O–H groups in total. The molecule has 18 heavy (non-hydrogen) atoms. The van der Waals surface area contributed by atoms with Gasteiger partial charge in [0, 0.05) is 5.75 Å². The van der Waals surface area contributed by atoms with Crippen LogP contribution in [0, 0.1) is 10.1 Å². The second-order valence-corrected chi connectivity index (χ2v) is 4.15. The van der Waals surface area contributed by atoms with Crippen LogP contribution in [0.1, 0.15) is 20.8 Å². The molecule has 1 amide bonds. The van der Waals surface area contributed by atoms with E-state index in [0.717, 1.165) is 0 Å². The van der Waals surface area contributed by atoms with Crippen LogP contribution in [-0.2, 0) is 19.2 Å². The Bertz CT molecular complexity index is 333. The predicted octanol–water partition coefficient (Wildman–Crippen LogP) is -0.0490. The third-order valence-electron chi connectivity index (χ3n) is 1.91. The maximum absolute atomic E-state index is 11.7. The van der Waals surface area contributed by atoms with Gasteiger partial charge in [0.1, 0.15) is 6.04 Å². The third-order valence-corrected chi connectivity index (χ3v) is 2.27. The fourth-order valence-corrected chi connectivity index (χ4v) is 1.22. The Hall–Kier alpha value is -1.51. The van der Waals surface area contributed by atoms with Crippen molar-refractivity contribution in [3.63, 3.8) is 0 Å². The number of thiol groups is 1. The first-order chi connectivity index (χ1) is 8.24. The molecule has 0 heterocycles. The molecular weight excluding hydrogens is 264 g/mol. The lowest BCUT2D eigenvalue weighted by molar-refractivity contribution is -0.774. The van der Waals surface area contributed by atoms with Crippen LogP contribution in [-0.4, -0.2) is 41.0 Å². The lowest BCUT2D eigenvalue weighted by atomic mass is 10.1. The smallest absolute Gasteiger partial charge is 0.329 e. The van der Waals surface area contributed by atoms with E-state index in [2.05, 4.69) is 22.8 Å². The zero-order chi connectivity index (χ0) is 14.3. The summed E-state index contributed by atoms with van der Waals surface area (Å²) in [7, 11) is 0. The summed E-state index contributed by atoms with van der Waals surface area (Å²) in [5.74, 6) is -1.44. The van der Waals surface area contributed by atoms with Gasteiger partial charge >= 0.3 is 5.97 Å². The van der Waals surface area contributed by atoms with Crippen molar-refractivity contribution < 1.29 is 24.3 Å². The van der Waals surface area contributed by atoms with E-state index in [9.17, 15) is 19.7 Å². The van der Waals surface area contributed by atoms with Gasteiger partial charge in [0.15, 0.2) is 5.60 Å². The van der Waals surface area contributed by atoms with Crippen LogP contribution in [0.2, 0.25) is 0 Å². The Morgan fingerprint density at radius 3 is 2.44 bits per heavy atom. The second kappa shape index (κ2) is 7.04. The first kappa shape index (κ1) is 16.5. The van der Waals surface area contributed by atoms with Gasteiger partial charge in [-0.1, -0.05) is 0 Å². The van der Waals surface area contributed by atoms with Gasteiger partial charge < -0.3 is 10.1 Å². The fourth-order valence-electron chi connectivity index (χ4n) is 0.982. The van der Waals surface area contributed by atoms with Crippen LogP contribution in [0.15, 0.2) is 0 Å². The number of hydrogen-bond donors (Lipinski definition) is 2. The second-order valence-electron chi connectivity index (χ2n) is 3.79. The van der Waals surface area contributed by atoms with Crippen molar-refractivity contribution in [2.45, 2.75) is 32.4 Å². The summed E-state index contributed by atoms with van der Waals surface area (Å²) in [6, 6.07) is -0.976. The van der Waals surface area contributed by atoms with Crippen LogP contribution in [0.25, 0.3) is 0 Å². The molecule has 1 unspecified atom stereocenters. The topological polar surface area (TPSA) is 108 Å². The van der Waals surface area contributed by atoms with Crippen LogP contribution in [0.4, 0.5) is 0 Å². The highest BCUT2D eigenvalue weighted by molar-refractivity contribution is 7.80. The first-order valence-electron chi connectivity index (χ1n) is 5.16. The molecule has 0 aliphatic heterocycles. The maximum Gasteiger partial charge on any atom is 0.329 e. The quantitative estimate of drug-likeness (QED) is 0.293. The van der Waals surface area contributed by atoms with Crippen molar-refractivity contribution in [3.8, 4) is 0 Å². The van der Waals surface area contributed by atoms with Gasteiger partial charge in [0.05, 0.1) is 6.61 Å². The minimum atomic E-state index is -1.70. The zero-order valence-corrected chi connectivity index (χ0v) is 11.2. The highest BCUT2D eigenvalue weighted by atomic mass is 32.1. The van der Waals surface area contributed by atoms with Gasteiger partial charge in [-0.15, -0.1) is 10.1 Å². The van der Waals surface area contributed by atoms with E-state index in [1.165, 1.54) is 13.8 Å². The van der Waals surface area contributed by atoms with Crippen LogP contribution >= 0.6 is 12.6 Å². The molecule has 0 aliphatic carbocycles. The minimum absolute atomic E-state index is 0.0130. The molecule has 1 atom stereocenters. The van der Waals surface area contributed by atoms with Gasteiger partial charge in [-0.2, -0.15) is 12.6 Å². The Labute approximate surface area is 110 Å². The van der Waals surface area contributed by atoms with Gasteiger partial charge in [-0.3, -0.25) is 9.63 Å². The molecule has 0 aliphatic rings. The molecule has 0 bridgehead atoms. The van der Waals surface area contributed by atoms with Gasteiger partial charge in [-0.25, -0.2) is 4.79 Å². The molecule has 0 aromatic carbocycles. The molecule has 0 aromatic heterocycles. The molecule has 0 saturated heterocycles. The molecule has 0 saturated carbocycles. The van der Waals surface area contributed by atoms with Crippen molar-refractivity contribution >= 4 is 24.5 Å². The number of rotatable bonds is 7. The molecule has 0 fully saturated rings. The number of carbonyl (C=O) groups excluding carboxylic acids is 2. The molecule has 0 radical (unpaired) electrons. The number of esters is 1. The van der Waals surface area contributed by atoms with Crippen molar-refractivity contribution in [1.82, 2.24) is 5.32 Å². The normalized spacial score (nSPS) is 12.4. The van der Waals surface area contributed by atoms with Crippen LogP contribution in [0.5, 0.6) is 0 Å². The Kier molecular flexibility index (Phi) is 6.45. The summed E-state index contributed by atoms with van der Waals surface area (Å²) in [4.78, 5) is 37.5. The Morgan fingerprint density at radius 2 is 2.06 bits per heavy atom. The van der Waals surface area contributed by atoms with Gasteiger partial charge in [0.25, 0.3) is 11.0 Å². The third kappa shape index (κ3) is 5.21. The average molecular weight is 280 g/mol. The summed E-state index contributed by atoms with van der Waals surface area (Å²) in [5, 5.41) is 11.4. The molecule has 8 nitrogen and oxygen atoms in total. The highest BCUT2D eigenvalue weighted by Gasteiger charge is 2.34. The molecule has 0 rings (SSSR count). The fraction of sp³-hybridized carbons (Fsp3) is 0.778. The molecule has 0 aromatic rings. The van der Waals surface area contributed by atoms with Crippen molar-refractivity contribution in [2.75, 3.05) is 12.4 Å². The highest BCUT2D eigenvalue weighted by Crippen LogP contribution is 2.10. The van der Waals surface area contributed by atoms with Gasteiger partial charge in [0.2, 0.25) is 0 Å². The van der Waals surface area contributed by atoms with E-state index in [1.54, 1.807) is 6.92 Å². The summed E-state index contributed by atoms with van der Waals surface area (Å²) in [5.41, 5.74) is -1.70. The van der Waals surface area contributed by atoms with E-state index >= 15 is 0 Å². The average Bonchev–Trinajstić information content (AvgIpc) is 2.23. The number of carbonyl (C=O) groups is 2. The predicted molar refractivity (Wildman–Crippen MR) is 64.6 cm³/mol. The van der Waals surface area contributed by atoms with Gasteiger partial charge in [-0.05, 0) is 20.8 Å². The van der Waals surface area contributed by atoms with E-state index < -0.39 is 28.6 Å². The largest absolute Gasteiger partial charge is 0.464 e. The standard InChI is InChI=1S/C9H16N2O6S/c1-4-16-7(12)6(5-18)10-8(13)9(2,3)17-11(14)15/h6,18H,4-5H2,1-3H3,(H,10,13). The number of hydrogen-bond acceptors (Lipinski definition) is 7. The lowest BCUT2D eigenvalue weighted by Crippen LogP contribution is -2.52. The van der Waals surface area contributed by atoms with E-state index in [4.69, 9.17) is 4.74 Å². The summed E-state index contributed by atoms with van der Waals surface area (Å²) in [6.07, 6.45) is 0. The Morgan fingerprint density at radius 1 is 1.50 bits per heavy atom. The summed E-state index contributed by atoms with van der Waals surface area (Å²) in [6.45, 7) is 4.21. The number of amides is 1. The Balaban J connectivity index is 4.60. The minimum Gasteiger partial charge on any atom is -0.464 e. The van der Waals surface area contributed by atoms with E-state index in [0.29, 0.717) is 0 Å². The number of nitrogens with zero attached hydrogens (tertiary/aromatic N) is 1. The van der Waals surface area contributed by atoms with E-state index in [1.807, 2.05) is 0 Å². The zero-order valence-electron chi connectivity index (χ0n) is 10.3. The SMILES string of the molecule is CCOC(=O)C(CS)NC(=O)C(C)(C)O[N+](=O)[O-]. The maximum atomic E-state index is 11.7. The molecule has 104 valence electrons. The van der Waals surface area contributed by atoms with E-state index in [-0.39, 0.29) is 12.4 Å². The monoisotopic (exact) mass is 280 g/mol. The van der Waals surface area contributed by atoms with Crippen molar-refractivity contribution in [2.24, 2.45) is 0 Å². The van der Waals surface area contributed by atoms with Crippen LogP contribution in [0.3, 0.4) is 0 Å². The van der Waals surface area contributed by atoms with Crippen molar-refractivity contribution in [1.29, 1.82) is 0 Å². The lowest BCUT2D eigenvalue weighted by Gasteiger charge is -2.23. The first-order valence-corrected chi connectivity index (χ1v) is 5.79. The van der Waals surface area contributed by atoms with Crippen molar-refractivity contribution in [3.05, 3.63) is 10.1 Å². The summed E-state index contributed by atoms with van der Waals surface area (Å²) >= 11 is 3.90. The number of ether oxygens (including phenoxy) is 1. The molecule has 0 spiro atoms. The molecular formula is C9H16N2O6S. The molecule has 9 heteroatoms.